The standard InChI is InChI=1S/C20H23N5O2S/c1-24(2)28(26,27)18-9-5-6-14-12-25(11-10-15(14)18)13-19-22-17-8-4-3-7-16(17)20(21)23-19/h3-9H,10-13H2,1-2H3,(H2,21,22,23). The smallest absolute Gasteiger partial charge is 0.242 e. The van der Waals surface area contributed by atoms with E-state index in [2.05, 4.69) is 14.9 Å². The topological polar surface area (TPSA) is 92.4 Å². The average Bonchev–Trinajstić information content (AvgIpc) is 2.67. The molecule has 0 fully saturated rings. The molecule has 0 saturated heterocycles. The van der Waals surface area contributed by atoms with Crippen molar-refractivity contribution in [1.29, 1.82) is 0 Å². The number of nitrogens with zero attached hydrogens (tertiary/aromatic N) is 4. The van der Waals surface area contributed by atoms with Gasteiger partial charge in [0.2, 0.25) is 10.0 Å². The summed E-state index contributed by atoms with van der Waals surface area (Å²) in [5.41, 5.74) is 8.87. The Kier molecular flexibility index (Phi) is 4.78. The Hall–Kier alpha value is -2.55. The van der Waals surface area contributed by atoms with Crippen LogP contribution in [0.5, 0.6) is 0 Å². The number of rotatable bonds is 4. The molecule has 28 heavy (non-hydrogen) atoms. The fourth-order valence-corrected chi connectivity index (χ4v) is 4.82. The predicted molar refractivity (Wildman–Crippen MR) is 109 cm³/mol. The number of anilines is 1. The maximum atomic E-state index is 12.6. The van der Waals surface area contributed by atoms with Gasteiger partial charge in [-0.2, -0.15) is 0 Å². The summed E-state index contributed by atoms with van der Waals surface area (Å²) in [6, 6.07) is 13.2. The van der Waals surface area contributed by atoms with Gasteiger partial charge in [-0.15, -0.1) is 0 Å². The summed E-state index contributed by atoms with van der Waals surface area (Å²) in [6.45, 7) is 1.96. The van der Waals surface area contributed by atoms with E-state index >= 15 is 0 Å². The molecule has 0 spiro atoms. The van der Waals surface area contributed by atoms with E-state index in [9.17, 15) is 8.42 Å². The fourth-order valence-electron chi connectivity index (χ4n) is 3.63. The van der Waals surface area contributed by atoms with Gasteiger partial charge in [0.15, 0.2) is 0 Å². The van der Waals surface area contributed by atoms with Crippen molar-refractivity contribution in [3.63, 3.8) is 0 Å². The average molecular weight is 398 g/mol. The number of sulfonamides is 1. The van der Waals surface area contributed by atoms with E-state index in [4.69, 9.17) is 5.73 Å². The highest BCUT2D eigenvalue weighted by Gasteiger charge is 2.26. The van der Waals surface area contributed by atoms with Crippen LogP contribution in [0.15, 0.2) is 47.4 Å². The van der Waals surface area contributed by atoms with E-state index in [0.29, 0.717) is 36.0 Å². The van der Waals surface area contributed by atoms with Gasteiger partial charge in [0.05, 0.1) is 17.0 Å². The Morgan fingerprint density at radius 1 is 1.11 bits per heavy atom. The van der Waals surface area contributed by atoms with Gasteiger partial charge in [-0.05, 0) is 35.7 Å². The minimum absolute atomic E-state index is 0.404. The van der Waals surface area contributed by atoms with Crippen LogP contribution in [-0.4, -0.2) is 48.2 Å². The molecule has 0 aliphatic carbocycles. The molecule has 4 rings (SSSR count). The van der Waals surface area contributed by atoms with Crippen molar-refractivity contribution in [2.24, 2.45) is 0 Å². The van der Waals surface area contributed by atoms with E-state index in [1.54, 1.807) is 20.2 Å². The zero-order valence-corrected chi connectivity index (χ0v) is 16.8. The molecular formula is C20H23N5O2S. The number of para-hydroxylation sites is 1. The number of fused-ring (bicyclic) bond motifs is 2. The van der Waals surface area contributed by atoms with E-state index in [-0.39, 0.29) is 0 Å². The molecule has 1 aromatic heterocycles. The minimum atomic E-state index is -3.45. The molecule has 0 unspecified atom stereocenters. The van der Waals surface area contributed by atoms with Crippen LogP contribution < -0.4 is 5.73 Å². The molecule has 1 aliphatic heterocycles. The first-order chi connectivity index (χ1) is 13.4. The molecule has 0 radical (unpaired) electrons. The summed E-state index contributed by atoms with van der Waals surface area (Å²) in [7, 11) is -0.329. The number of nitrogen functional groups attached to an aromatic ring is 1. The molecule has 0 bridgehead atoms. The molecule has 0 atom stereocenters. The van der Waals surface area contributed by atoms with Crippen LogP contribution in [0.2, 0.25) is 0 Å². The third-order valence-electron chi connectivity index (χ3n) is 5.10. The molecule has 2 heterocycles. The van der Waals surface area contributed by atoms with Crippen molar-refractivity contribution in [3.05, 3.63) is 59.4 Å². The largest absolute Gasteiger partial charge is 0.383 e. The van der Waals surface area contributed by atoms with Crippen molar-refractivity contribution in [3.8, 4) is 0 Å². The third-order valence-corrected chi connectivity index (χ3v) is 7.00. The SMILES string of the molecule is CN(C)S(=O)(=O)c1cccc2c1CCN(Cc1nc(N)c3ccccc3n1)C2. The Balaban J connectivity index is 1.60. The highest BCUT2D eigenvalue weighted by Crippen LogP contribution is 2.28. The normalized spacial score (nSPS) is 15.1. The van der Waals surface area contributed by atoms with Crippen LogP contribution in [0.4, 0.5) is 5.82 Å². The summed E-state index contributed by atoms with van der Waals surface area (Å²) in [5, 5.41) is 0.855. The number of aromatic nitrogens is 2. The second-order valence-electron chi connectivity index (χ2n) is 7.18. The van der Waals surface area contributed by atoms with Crippen LogP contribution >= 0.6 is 0 Å². The number of hydrogen-bond acceptors (Lipinski definition) is 6. The zero-order chi connectivity index (χ0) is 19.9. The predicted octanol–water partition coefficient (Wildman–Crippen LogP) is 2.02. The first kappa shape index (κ1) is 18.8. The lowest BCUT2D eigenvalue weighted by Crippen LogP contribution is -2.33. The molecular weight excluding hydrogens is 374 g/mol. The minimum Gasteiger partial charge on any atom is -0.383 e. The molecule has 8 heteroatoms. The van der Waals surface area contributed by atoms with Gasteiger partial charge in [-0.1, -0.05) is 24.3 Å². The molecule has 0 amide bonds. The van der Waals surface area contributed by atoms with Crippen molar-refractivity contribution in [1.82, 2.24) is 19.2 Å². The van der Waals surface area contributed by atoms with Crippen LogP contribution in [0.3, 0.4) is 0 Å². The van der Waals surface area contributed by atoms with Gasteiger partial charge in [0, 0.05) is 32.6 Å². The number of hydrogen-bond donors (Lipinski definition) is 1. The highest BCUT2D eigenvalue weighted by atomic mass is 32.2. The van der Waals surface area contributed by atoms with Gasteiger partial charge < -0.3 is 5.73 Å². The lowest BCUT2D eigenvalue weighted by Gasteiger charge is -2.30. The Morgan fingerprint density at radius 3 is 2.68 bits per heavy atom. The Bertz CT molecular complexity index is 1140. The molecule has 2 aromatic carbocycles. The molecule has 0 saturated carbocycles. The summed E-state index contributed by atoms with van der Waals surface area (Å²) < 4.78 is 26.5. The van der Waals surface area contributed by atoms with Crippen molar-refractivity contribution >= 4 is 26.7 Å². The van der Waals surface area contributed by atoms with E-state index in [1.807, 2.05) is 36.4 Å². The van der Waals surface area contributed by atoms with Gasteiger partial charge in [0.25, 0.3) is 0 Å². The summed E-state index contributed by atoms with van der Waals surface area (Å²) >= 11 is 0. The van der Waals surface area contributed by atoms with Gasteiger partial charge >= 0.3 is 0 Å². The Labute approximate surface area is 164 Å². The summed E-state index contributed by atoms with van der Waals surface area (Å²) in [5.74, 6) is 1.16. The van der Waals surface area contributed by atoms with Gasteiger partial charge in [-0.25, -0.2) is 22.7 Å². The maximum absolute atomic E-state index is 12.6. The van der Waals surface area contributed by atoms with Crippen LogP contribution in [0.1, 0.15) is 17.0 Å². The van der Waals surface area contributed by atoms with Gasteiger partial charge in [-0.3, -0.25) is 4.90 Å². The first-order valence-electron chi connectivity index (χ1n) is 9.13. The summed E-state index contributed by atoms with van der Waals surface area (Å²) in [4.78, 5) is 11.7. The van der Waals surface area contributed by atoms with E-state index in [0.717, 1.165) is 28.6 Å². The van der Waals surface area contributed by atoms with E-state index < -0.39 is 10.0 Å². The maximum Gasteiger partial charge on any atom is 0.242 e. The Morgan fingerprint density at radius 2 is 1.89 bits per heavy atom. The molecule has 146 valence electrons. The molecule has 7 nitrogen and oxygen atoms in total. The lowest BCUT2D eigenvalue weighted by atomic mass is 10.00. The van der Waals surface area contributed by atoms with Crippen molar-refractivity contribution < 1.29 is 8.42 Å². The van der Waals surface area contributed by atoms with Crippen molar-refractivity contribution in [2.45, 2.75) is 24.4 Å². The molecule has 3 aromatic rings. The van der Waals surface area contributed by atoms with Crippen LogP contribution in [0.25, 0.3) is 10.9 Å². The second kappa shape index (κ2) is 7.12. The first-order valence-corrected chi connectivity index (χ1v) is 10.6. The van der Waals surface area contributed by atoms with Crippen molar-refractivity contribution in [2.75, 3.05) is 26.4 Å². The molecule has 2 N–H and O–H groups in total. The highest BCUT2D eigenvalue weighted by molar-refractivity contribution is 7.89. The quantitative estimate of drug-likeness (QED) is 0.724. The third kappa shape index (κ3) is 3.34. The summed E-state index contributed by atoms with van der Waals surface area (Å²) in [6.07, 6.45) is 0.668. The molecule has 1 aliphatic rings. The lowest BCUT2D eigenvalue weighted by molar-refractivity contribution is 0.238. The van der Waals surface area contributed by atoms with Crippen LogP contribution in [0, 0.1) is 0 Å². The fraction of sp³-hybridized carbons (Fsp3) is 0.300. The monoisotopic (exact) mass is 397 g/mol. The second-order valence-corrected chi connectivity index (χ2v) is 9.30. The van der Waals surface area contributed by atoms with Crippen LogP contribution in [-0.2, 0) is 29.5 Å². The zero-order valence-electron chi connectivity index (χ0n) is 16.0. The number of benzene rings is 2. The van der Waals surface area contributed by atoms with E-state index in [1.165, 1.54) is 4.31 Å². The number of nitrogens with two attached hydrogens (primary N) is 1. The van der Waals surface area contributed by atoms with Gasteiger partial charge in [0.1, 0.15) is 11.6 Å².